The van der Waals surface area contributed by atoms with Crippen LogP contribution < -0.4 is 5.32 Å². The molecule has 0 spiro atoms. The molecule has 2 N–H and O–H groups in total. The minimum atomic E-state index is -0.153. The van der Waals surface area contributed by atoms with Crippen molar-refractivity contribution in [2.45, 2.75) is 32.8 Å². The van der Waals surface area contributed by atoms with Crippen LogP contribution in [0.4, 0.5) is 5.69 Å². The lowest BCUT2D eigenvalue weighted by molar-refractivity contribution is -0.119. The van der Waals surface area contributed by atoms with Gasteiger partial charge in [-0.15, -0.1) is 0 Å². The first-order chi connectivity index (χ1) is 10.1. The highest BCUT2D eigenvalue weighted by Crippen LogP contribution is 2.23. The van der Waals surface area contributed by atoms with E-state index in [4.69, 9.17) is 9.84 Å². The van der Waals surface area contributed by atoms with Gasteiger partial charge < -0.3 is 15.2 Å². The summed E-state index contributed by atoms with van der Waals surface area (Å²) >= 11 is 0. The number of benzene rings is 1. The lowest BCUT2D eigenvalue weighted by Gasteiger charge is -2.13. The van der Waals surface area contributed by atoms with Crippen LogP contribution in [-0.4, -0.2) is 30.3 Å². The summed E-state index contributed by atoms with van der Waals surface area (Å²) in [6.07, 6.45) is 1.73. The van der Waals surface area contributed by atoms with Crippen LogP contribution in [0.5, 0.6) is 0 Å². The Bertz CT molecular complexity index is 571. The highest BCUT2D eigenvalue weighted by molar-refractivity contribution is 5.93. The minimum absolute atomic E-state index is 0.0169. The first-order valence-electron chi connectivity index (χ1n) is 7.29. The summed E-state index contributed by atoms with van der Waals surface area (Å²) in [5.74, 6) is 5.45. The molecule has 2 rings (SSSR count). The molecule has 1 aliphatic rings. The van der Waals surface area contributed by atoms with Crippen LogP contribution in [0.2, 0.25) is 0 Å². The number of ether oxygens (including phenoxy) is 1. The van der Waals surface area contributed by atoms with Crippen molar-refractivity contribution in [1.82, 2.24) is 0 Å². The van der Waals surface area contributed by atoms with Gasteiger partial charge >= 0.3 is 0 Å². The van der Waals surface area contributed by atoms with Crippen molar-refractivity contribution in [3.05, 3.63) is 29.3 Å². The topological polar surface area (TPSA) is 58.6 Å². The zero-order chi connectivity index (χ0) is 15.2. The molecule has 0 bridgehead atoms. The molecule has 4 nitrogen and oxygen atoms in total. The molecule has 1 saturated heterocycles. The molecule has 2 atom stereocenters. The third-order valence-electron chi connectivity index (χ3n) is 3.62. The van der Waals surface area contributed by atoms with Gasteiger partial charge in [0.1, 0.15) is 6.61 Å². The van der Waals surface area contributed by atoms with E-state index in [9.17, 15) is 4.79 Å². The Morgan fingerprint density at radius 3 is 2.95 bits per heavy atom. The Balaban J connectivity index is 2.10. The molecular formula is C17H21NO3. The van der Waals surface area contributed by atoms with Crippen LogP contribution in [-0.2, 0) is 16.0 Å². The number of aryl methyl sites for hydroxylation is 1. The van der Waals surface area contributed by atoms with Crippen molar-refractivity contribution in [2.75, 3.05) is 18.5 Å². The number of amides is 1. The predicted molar refractivity (Wildman–Crippen MR) is 81.9 cm³/mol. The molecule has 0 aliphatic carbocycles. The number of nitrogens with one attached hydrogen (secondary N) is 1. The van der Waals surface area contributed by atoms with Crippen molar-refractivity contribution in [2.24, 2.45) is 5.92 Å². The molecular weight excluding hydrogens is 266 g/mol. The van der Waals surface area contributed by atoms with Crippen LogP contribution in [0.25, 0.3) is 0 Å². The maximum Gasteiger partial charge on any atom is 0.229 e. The number of hydrogen-bond donors (Lipinski definition) is 2. The van der Waals surface area contributed by atoms with E-state index in [0.29, 0.717) is 6.61 Å². The highest BCUT2D eigenvalue weighted by Gasteiger charge is 2.28. The van der Waals surface area contributed by atoms with Gasteiger partial charge in [-0.25, -0.2) is 0 Å². The van der Waals surface area contributed by atoms with E-state index in [0.717, 1.165) is 29.7 Å². The second kappa shape index (κ2) is 7.26. The Labute approximate surface area is 125 Å². The number of aliphatic hydroxyl groups excluding tert-OH is 1. The SMILES string of the molecule is CCc1cc(C#CCO)ccc1NC(=O)C1COC(C)C1. The third kappa shape index (κ3) is 4.07. The van der Waals surface area contributed by atoms with Crippen molar-refractivity contribution >= 4 is 11.6 Å². The number of carbonyl (C=O) groups is 1. The van der Waals surface area contributed by atoms with Crippen LogP contribution in [0.15, 0.2) is 18.2 Å². The van der Waals surface area contributed by atoms with Crippen LogP contribution >= 0.6 is 0 Å². The van der Waals surface area contributed by atoms with Gasteiger partial charge in [-0.2, -0.15) is 0 Å². The highest BCUT2D eigenvalue weighted by atomic mass is 16.5. The van der Waals surface area contributed by atoms with E-state index < -0.39 is 0 Å². The van der Waals surface area contributed by atoms with E-state index in [2.05, 4.69) is 17.2 Å². The molecule has 0 saturated carbocycles. The molecule has 1 aromatic rings. The Kier molecular flexibility index (Phi) is 5.38. The molecule has 1 aromatic carbocycles. The molecule has 21 heavy (non-hydrogen) atoms. The molecule has 4 heteroatoms. The predicted octanol–water partition coefficient (Wildman–Crippen LogP) is 1.96. The average molecular weight is 287 g/mol. The maximum absolute atomic E-state index is 12.2. The van der Waals surface area contributed by atoms with Gasteiger partial charge in [0.2, 0.25) is 5.91 Å². The normalized spacial score (nSPS) is 20.7. The van der Waals surface area contributed by atoms with Gasteiger partial charge in [0.25, 0.3) is 0 Å². The molecule has 1 heterocycles. The quantitative estimate of drug-likeness (QED) is 0.836. The van der Waals surface area contributed by atoms with Gasteiger partial charge in [-0.1, -0.05) is 18.8 Å². The van der Waals surface area contributed by atoms with Gasteiger partial charge in [0, 0.05) is 11.3 Å². The van der Waals surface area contributed by atoms with Crippen molar-refractivity contribution in [3.63, 3.8) is 0 Å². The second-order valence-corrected chi connectivity index (χ2v) is 5.25. The zero-order valence-corrected chi connectivity index (χ0v) is 12.5. The largest absolute Gasteiger partial charge is 0.384 e. The molecule has 1 aliphatic heterocycles. The zero-order valence-electron chi connectivity index (χ0n) is 12.5. The number of anilines is 1. The van der Waals surface area contributed by atoms with Gasteiger partial charge in [-0.3, -0.25) is 4.79 Å². The molecule has 0 radical (unpaired) electrons. The van der Waals surface area contributed by atoms with Gasteiger partial charge in [0.05, 0.1) is 18.6 Å². The van der Waals surface area contributed by atoms with E-state index in [1.165, 1.54) is 0 Å². The van der Waals surface area contributed by atoms with Gasteiger partial charge in [-0.05, 0) is 43.5 Å². The average Bonchev–Trinajstić information content (AvgIpc) is 2.92. The Morgan fingerprint density at radius 1 is 1.52 bits per heavy atom. The summed E-state index contributed by atoms with van der Waals surface area (Å²) in [6, 6.07) is 5.68. The van der Waals surface area contributed by atoms with E-state index in [1.807, 2.05) is 32.0 Å². The van der Waals surface area contributed by atoms with Crippen LogP contribution in [0.3, 0.4) is 0 Å². The summed E-state index contributed by atoms with van der Waals surface area (Å²) < 4.78 is 5.44. The molecule has 1 fully saturated rings. The van der Waals surface area contributed by atoms with Crippen molar-refractivity contribution in [1.29, 1.82) is 0 Å². The Morgan fingerprint density at radius 2 is 2.33 bits per heavy atom. The van der Waals surface area contributed by atoms with Gasteiger partial charge in [0.15, 0.2) is 0 Å². The number of aliphatic hydroxyl groups is 1. The summed E-state index contributed by atoms with van der Waals surface area (Å²) in [4.78, 5) is 12.2. The van der Waals surface area contributed by atoms with Crippen molar-refractivity contribution < 1.29 is 14.6 Å². The fraction of sp³-hybridized carbons (Fsp3) is 0.471. The Hall–Kier alpha value is -1.83. The maximum atomic E-state index is 12.2. The van der Waals surface area contributed by atoms with E-state index >= 15 is 0 Å². The standard InChI is InChI=1S/C17H21NO3/c1-3-14-10-13(5-4-8-19)6-7-16(14)18-17(20)15-9-12(2)21-11-15/h6-7,10,12,15,19H,3,8-9,11H2,1-2H3,(H,18,20). The molecule has 1 amide bonds. The summed E-state index contributed by atoms with van der Waals surface area (Å²) in [5.41, 5.74) is 2.72. The molecule has 0 aromatic heterocycles. The minimum Gasteiger partial charge on any atom is -0.384 e. The fourth-order valence-electron chi connectivity index (χ4n) is 2.46. The fourth-order valence-corrected chi connectivity index (χ4v) is 2.46. The lowest BCUT2D eigenvalue weighted by atomic mass is 10.0. The molecule has 2 unspecified atom stereocenters. The lowest BCUT2D eigenvalue weighted by Crippen LogP contribution is -2.23. The number of rotatable bonds is 3. The van der Waals surface area contributed by atoms with E-state index in [-0.39, 0.29) is 24.5 Å². The van der Waals surface area contributed by atoms with Crippen molar-refractivity contribution in [3.8, 4) is 11.8 Å². The second-order valence-electron chi connectivity index (χ2n) is 5.25. The van der Waals surface area contributed by atoms with Crippen LogP contribution in [0, 0.1) is 17.8 Å². The summed E-state index contributed by atoms with van der Waals surface area (Å²) in [7, 11) is 0. The van der Waals surface area contributed by atoms with E-state index in [1.54, 1.807) is 0 Å². The smallest absolute Gasteiger partial charge is 0.229 e. The first kappa shape index (κ1) is 15.6. The summed E-state index contributed by atoms with van der Waals surface area (Å²) in [5, 5.41) is 11.7. The summed E-state index contributed by atoms with van der Waals surface area (Å²) in [6.45, 7) is 4.36. The molecule has 112 valence electrons. The monoisotopic (exact) mass is 287 g/mol. The third-order valence-corrected chi connectivity index (χ3v) is 3.62. The number of hydrogen-bond acceptors (Lipinski definition) is 3. The first-order valence-corrected chi connectivity index (χ1v) is 7.29. The van der Waals surface area contributed by atoms with Crippen LogP contribution in [0.1, 0.15) is 31.4 Å². The number of carbonyl (C=O) groups excluding carboxylic acids is 1.